The highest BCUT2D eigenvalue weighted by molar-refractivity contribution is 6.08. The van der Waals surface area contributed by atoms with Crippen molar-refractivity contribution in [2.45, 2.75) is 39.2 Å². The first-order chi connectivity index (χ1) is 15.1. The molecule has 2 aromatic carbocycles. The number of anilines is 1. The highest BCUT2D eigenvalue weighted by atomic mass is 16.5. The molecule has 1 aliphatic rings. The molecule has 0 aromatic heterocycles. The Morgan fingerprint density at radius 3 is 2.68 bits per heavy atom. The van der Waals surface area contributed by atoms with E-state index in [0.29, 0.717) is 41.7 Å². The number of para-hydroxylation sites is 2. The van der Waals surface area contributed by atoms with E-state index in [1.165, 1.54) is 0 Å². The number of methoxy groups -OCH3 is 1. The van der Waals surface area contributed by atoms with E-state index in [-0.39, 0.29) is 18.4 Å². The van der Waals surface area contributed by atoms with Gasteiger partial charge >= 0.3 is 0 Å². The van der Waals surface area contributed by atoms with Crippen LogP contribution in [0.5, 0.6) is 17.2 Å². The predicted octanol–water partition coefficient (Wildman–Crippen LogP) is 3.81. The second-order valence-electron chi connectivity index (χ2n) is 7.35. The first-order valence-electron chi connectivity index (χ1n) is 10.7. The Morgan fingerprint density at radius 1 is 1.13 bits per heavy atom. The molecule has 0 fully saturated rings. The molecule has 0 aliphatic carbocycles. The molecule has 1 aliphatic heterocycles. The molecule has 0 radical (unpaired) electrons. The average Bonchev–Trinajstić information content (AvgIpc) is 2.81. The fourth-order valence-electron chi connectivity index (χ4n) is 3.33. The maximum atomic E-state index is 13.4. The molecule has 1 N–H and O–H groups in total. The number of hydrogen-bond acceptors (Lipinski definition) is 5. The third-order valence-corrected chi connectivity index (χ3v) is 5.03. The van der Waals surface area contributed by atoms with Crippen molar-refractivity contribution in [1.82, 2.24) is 5.32 Å². The van der Waals surface area contributed by atoms with Gasteiger partial charge in [0.15, 0.2) is 17.6 Å². The van der Waals surface area contributed by atoms with E-state index in [9.17, 15) is 9.59 Å². The molecule has 0 bridgehead atoms. The maximum Gasteiger partial charge on any atom is 0.262 e. The van der Waals surface area contributed by atoms with Crippen LogP contribution in [0, 0.1) is 0 Å². The molecule has 31 heavy (non-hydrogen) atoms. The highest BCUT2D eigenvalue weighted by Crippen LogP contribution is 2.35. The standard InChI is InChI=1S/C24H30N2O5/c1-4-6-14-30-20-12-11-17(15-21(20)29-3)24(28)26-16-22(23(27)25-13-5-2)31-19-10-8-7-9-18(19)26/h7-12,15,22H,4-6,13-14,16H2,1-3H3,(H,25,27)/t22-/m1/s1. The zero-order valence-corrected chi connectivity index (χ0v) is 18.3. The van der Waals surface area contributed by atoms with Crippen LogP contribution in [0.15, 0.2) is 42.5 Å². The fourth-order valence-corrected chi connectivity index (χ4v) is 3.33. The molecule has 3 rings (SSSR count). The Bertz CT molecular complexity index is 915. The van der Waals surface area contributed by atoms with Gasteiger partial charge in [0.2, 0.25) is 0 Å². The molecule has 0 saturated carbocycles. The largest absolute Gasteiger partial charge is 0.493 e. The molecule has 7 nitrogen and oxygen atoms in total. The van der Waals surface area contributed by atoms with E-state index in [0.717, 1.165) is 19.3 Å². The molecule has 1 heterocycles. The summed E-state index contributed by atoms with van der Waals surface area (Å²) in [5.41, 5.74) is 1.08. The third-order valence-electron chi connectivity index (χ3n) is 5.03. The van der Waals surface area contributed by atoms with Crippen LogP contribution in [0.3, 0.4) is 0 Å². The van der Waals surface area contributed by atoms with E-state index in [1.807, 2.05) is 25.1 Å². The molecule has 2 aromatic rings. The van der Waals surface area contributed by atoms with Crippen LogP contribution in [0.1, 0.15) is 43.5 Å². The second-order valence-corrected chi connectivity index (χ2v) is 7.35. The normalized spacial score (nSPS) is 14.9. The van der Waals surface area contributed by atoms with Crippen LogP contribution >= 0.6 is 0 Å². The molecule has 0 saturated heterocycles. The number of ether oxygens (including phenoxy) is 3. The molecular weight excluding hydrogens is 396 g/mol. The topological polar surface area (TPSA) is 77.1 Å². The molecule has 1 atom stereocenters. The molecular formula is C24H30N2O5. The zero-order chi connectivity index (χ0) is 22.2. The lowest BCUT2D eigenvalue weighted by molar-refractivity contribution is -0.127. The average molecular weight is 427 g/mol. The number of benzene rings is 2. The van der Waals surface area contributed by atoms with Gasteiger partial charge in [-0.05, 0) is 43.2 Å². The van der Waals surface area contributed by atoms with E-state index >= 15 is 0 Å². The van der Waals surface area contributed by atoms with Crippen molar-refractivity contribution < 1.29 is 23.8 Å². The van der Waals surface area contributed by atoms with Crippen molar-refractivity contribution in [2.24, 2.45) is 0 Å². The fraction of sp³-hybridized carbons (Fsp3) is 0.417. The summed E-state index contributed by atoms with van der Waals surface area (Å²) in [4.78, 5) is 27.5. The Kier molecular flexibility index (Phi) is 7.76. The van der Waals surface area contributed by atoms with Crippen molar-refractivity contribution in [3.05, 3.63) is 48.0 Å². The number of carbonyl (C=O) groups is 2. The lowest BCUT2D eigenvalue weighted by atomic mass is 10.1. The van der Waals surface area contributed by atoms with Crippen LogP contribution in [0.4, 0.5) is 5.69 Å². The van der Waals surface area contributed by atoms with Gasteiger partial charge in [0, 0.05) is 12.1 Å². The SMILES string of the molecule is CCCCOc1ccc(C(=O)N2C[C@H](C(=O)NCCC)Oc3ccccc32)cc1OC. The number of carbonyl (C=O) groups excluding carboxylic acids is 2. The number of nitrogens with one attached hydrogen (secondary N) is 1. The molecule has 166 valence electrons. The summed E-state index contributed by atoms with van der Waals surface area (Å²) in [6.07, 6.45) is 2.02. The van der Waals surface area contributed by atoms with E-state index in [1.54, 1.807) is 36.3 Å². The monoisotopic (exact) mass is 426 g/mol. The number of fused-ring (bicyclic) bond motifs is 1. The number of hydrogen-bond donors (Lipinski definition) is 1. The highest BCUT2D eigenvalue weighted by Gasteiger charge is 2.34. The molecule has 0 unspecified atom stereocenters. The van der Waals surface area contributed by atoms with Gasteiger partial charge < -0.3 is 24.4 Å². The Labute approximate surface area is 183 Å². The van der Waals surface area contributed by atoms with Crippen molar-refractivity contribution >= 4 is 17.5 Å². The predicted molar refractivity (Wildman–Crippen MR) is 119 cm³/mol. The van der Waals surface area contributed by atoms with Gasteiger partial charge in [-0.25, -0.2) is 0 Å². The van der Waals surface area contributed by atoms with E-state index in [2.05, 4.69) is 12.2 Å². The van der Waals surface area contributed by atoms with Gasteiger partial charge in [0.1, 0.15) is 5.75 Å². The summed E-state index contributed by atoms with van der Waals surface area (Å²) in [7, 11) is 1.55. The zero-order valence-electron chi connectivity index (χ0n) is 18.3. The molecule has 0 spiro atoms. The van der Waals surface area contributed by atoms with Gasteiger partial charge in [-0.15, -0.1) is 0 Å². The lowest BCUT2D eigenvalue weighted by Crippen LogP contribution is -2.50. The molecule has 2 amide bonds. The number of amides is 2. The number of rotatable bonds is 9. The minimum Gasteiger partial charge on any atom is -0.493 e. The summed E-state index contributed by atoms with van der Waals surface area (Å²) in [5.74, 6) is 1.14. The number of nitrogens with zero attached hydrogens (tertiary/aromatic N) is 1. The van der Waals surface area contributed by atoms with Crippen molar-refractivity contribution in [2.75, 3.05) is 31.7 Å². The van der Waals surface area contributed by atoms with E-state index < -0.39 is 6.10 Å². The quantitative estimate of drug-likeness (QED) is 0.617. The van der Waals surface area contributed by atoms with Crippen LogP contribution in [0.2, 0.25) is 0 Å². The van der Waals surface area contributed by atoms with Gasteiger partial charge in [-0.1, -0.05) is 32.4 Å². The maximum absolute atomic E-state index is 13.4. The van der Waals surface area contributed by atoms with Crippen LogP contribution in [-0.4, -0.2) is 44.7 Å². The van der Waals surface area contributed by atoms with E-state index in [4.69, 9.17) is 14.2 Å². The molecule has 7 heteroatoms. The van der Waals surface area contributed by atoms with Crippen LogP contribution in [0.25, 0.3) is 0 Å². The summed E-state index contributed by atoms with van der Waals surface area (Å²) in [6, 6.07) is 12.4. The smallest absolute Gasteiger partial charge is 0.262 e. The summed E-state index contributed by atoms with van der Waals surface area (Å²) in [5, 5.41) is 2.84. The summed E-state index contributed by atoms with van der Waals surface area (Å²) in [6.45, 7) is 5.35. The van der Waals surface area contributed by atoms with Gasteiger partial charge in [-0.2, -0.15) is 0 Å². The van der Waals surface area contributed by atoms with Crippen molar-refractivity contribution in [1.29, 1.82) is 0 Å². The first-order valence-corrected chi connectivity index (χ1v) is 10.7. The number of unbranched alkanes of at least 4 members (excludes halogenated alkanes) is 1. The lowest BCUT2D eigenvalue weighted by Gasteiger charge is -2.34. The van der Waals surface area contributed by atoms with Crippen LogP contribution in [-0.2, 0) is 4.79 Å². The van der Waals surface area contributed by atoms with Gasteiger partial charge in [-0.3, -0.25) is 9.59 Å². The van der Waals surface area contributed by atoms with Gasteiger partial charge in [0.25, 0.3) is 11.8 Å². The Hall–Kier alpha value is -3.22. The van der Waals surface area contributed by atoms with Crippen LogP contribution < -0.4 is 24.4 Å². The minimum absolute atomic E-state index is 0.127. The van der Waals surface area contributed by atoms with Gasteiger partial charge in [0.05, 0.1) is 25.9 Å². The summed E-state index contributed by atoms with van der Waals surface area (Å²) >= 11 is 0. The minimum atomic E-state index is -0.774. The first kappa shape index (κ1) is 22.5. The van der Waals surface area contributed by atoms with Crippen molar-refractivity contribution in [3.8, 4) is 17.2 Å². The Morgan fingerprint density at radius 2 is 1.94 bits per heavy atom. The summed E-state index contributed by atoms with van der Waals surface area (Å²) < 4.78 is 17.1. The van der Waals surface area contributed by atoms with Crippen molar-refractivity contribution in [3.63, 3.8) is 0 Å². The third kappa shape index (κ3) is 5.29. The second kappa shape index (κ2) is 10.7. The Balaban J connectivity index is 1.86.